The summed E-state index contributed by atoms with van der Waals surface area (Å²) in [5.41, 5.74) is 15.3. The summed E-state index contributed by atoms with van der Waals surface area (Å²) >= 11 is 0. The molecule has 0 radical (unpaired) electrons. The van der Waals surface area contributed by atoms with Crippen molar-refractivity contribution in [1.29, 1.82) is 0 Å². The van der Waals surface area contributed by atoms with E-state index in [0.717, 1.165) is 29.0 Å². The maximum absolute atomic E-state index is 12.0. The molecule has 0 saturated carbocycles. The van der Waals surface area contributed by atoms with Crippen LogP contribution in [0, 0.1) is 5.92 Å². The van der Waals surface area contributed by atoms with E-state index < -0.39 is 0 Å². The van der Waals surface area contributed by atoms with E-state index in [-0.39, 0.29) is 11.8 Å². The summed E-state index contributed by atoms with van der Waals surface area (Å²) in [7, 11) is 0. The minimum Gasteiger partial charge on any atom is -0.399 e. The first-order chi connectivity index (χ1) is 10.2. The lowest BCUT2D eigenvalue weighted by Crippen LogP contribution is -2.25. The Morgan fingerprint density at radius 1 is 1.00 bits per heavy atom. The number of carbonyl (C=O) groups is 1. The van der Waals surface area contributed by atoms with Crippen LogP contribution < -0.4 is 16.4 Å². The number of carbonyl (C=O) groups excluding carboxylic acids is 1. The first-order valence-corrected chi connectivity index (χ1v) is 7.14. The highest BCUT2D eigenvalue weighted by Gasteiger charge is 2.29. The van der Waals surface area contributed by atoms with Crippen LogP contribution >= 0.6 is 0 Å². The molecule has 1 saturated heterocycles. The van der Waals surface area contributed by atoms with Gasteiger partial charge in [-0.1, -0.05) is 24.3 Å². The molecule has 1 unspecified atom stereocenters. The topological polar surface area (TPSA) is 72.4 Å². The van der Waals surface area contributed by atoms with E-state index in [9.17, 15) is 4.79 Å². The highest BCUT2D eigenvalue weighted by atomic mass is 16.2. The quantitative estimate of drug-likeness (QED) is 0.848. The second-order valence-corrected chi connectivity index (χ2v) is 5.48. The molecule has 3 rings (SSSR count). The fourth-order valence-corrected chi connectivity index (χ4v) is 2.70. The number of nitrogen functional groups attached to an aromatic ring is 1. The van der Waals surface area contributed by atoms with Crippen molar-refractivity contribution in [2.75, 3.05) is 23.7 Å². The molecule has 2 aromatic carbocycles. The van der Waals surface area contributed by atoms with Crippen LogP contribution in [0.4, 0.5) is 11.4 Å². The Morgan fingerprint density at radius 3 is 2.10 bits per heavy atom. The molecule has 2 aromatic rings. The molecule has 0 bridgehead atoms. The predicted molar refractivity (Wildman–Crippen MR) is 85.8 cm³/mol. The molecule has 1 heterocycles. The van der Waals surface area contributed by atoms with Gasteiger partial charge in [0.05, 0.1) is 0 Å². The second kappa shape index (κ2) is 5.58. The molecule has 108 valence electrons. The number of nitrogens with zero attached hydrogens (tertiary/aromatic N) is 1. The normalized spacial score (nSPS) is 18.2. The molecule has 1 fully saturated rings. The predicted octanol–water partition coefficient (Wildman–Crippen LogP) is 2.25. The minimum absolute atomic E-state index is 0.158. The Balaban J connectivity index is 1.81. The highest BCUT2D eigenvalue weighted by molar-refractivity contribution is 5.96. The van der Waals surface area contributed by atoms with Gasteiger partial charge in [-0.3, -0.25) is 4.79 Å². The molecule has 0 aromatic heterocycles. The fourth-order valence-electron chi connectivity index (χ4n) is 2.70. The summed E-state index contributed by atoms with van der Waals surface area (Å²) in [6, 6.07) is 15.8. The average Bonchev–Trinajstić information content (AvgIpc) is 2.89. The summed E-state index contributed by atoms with van der Waals surface area (Å²) in [4.78, 5) is 13.8. The van der Waals surface area contributed by atoms with Gasteiger partial charge in [0, 0.05) is 24.3 Å². The average molecular weight is 281 g/mol. The summed E-state index contributed by atoms with van der Waals surface area (Å²) in [6.07, 6.45) is 0.552. The van der Waals surface area contributed by atoms with Crippen molar-refractivity contribution in [2.24, 2.45) is 11.7 Å². The SMILES string of the molecule is NCC1CC(=O)N(c2ccc(-c3ccc(N)cc3)cc2)C1. The van der Waals surface area contributed by atoms with E-state index in [2.05, 4.69) is 0 Å². The van der Waals surface area contributed by atoms with Crippen LogP contribution in [0.3, 0.4) is 0 Å². The van der Waals surface area contributed by atoms with E-state index in [1.807, 2.05) is 53.4 Å². The van der Waals surface area contributed by atoms with Gasteiger partial charge in [-0.05, 0) is 47.9 Å². The smallest absolute Gasteiger partial charge is 0.227 e. The van der Waals surface area contributed by atoms with Gasteiger partial charge in [-0.15, -0.1) is 0 Å². The van der Waals surface area contributed by atoms with Crippen molar-refractivity contribution >= 4 is 17.3 Å². The molecule has 4 heteroatoms. The molecule has 1 amide bonds. The van der Waals surface area contributed by atoms with Crippen LogP contribution in [0.25, 0.3) is 11.1 Å². The molecule has 21 heavy (non-hydrogen) atoms. The van der Waals surface area contributed by atoms with Gasteiger partial charge < -0.3 is 16.4 Å². The Labute approximate surface area is 124 Å². The largest absolute Gasteiger partial charge is 0.399 e. The van der Waals surface area contributed by atoms with E-state index in [1.165, 1.54) is 0 Å². The van der Waals surface area contributed by atoms with Crippen LogP contribution in [0.15, 0.2) is 48.5 Å². The first kappa shape index (κ1) is 13.6. The van der Waals surface area contributed by atoms with Crippen LogP contribution in [0.2, 0.25) is 0 Å². The van der Waals surface area contributed by atoms with Crippen molar-refractivity contribution in [3.63, 3.8) is 0 Å². The standard InChI is InChI=1S/C17H19N3O/c18-10-12-9-17(21)20(11-12)16-7-3-14(4-8-16)13-1-5-15(19)6-2-13/h1-8,12H,9-11,18-19H2. The van der Waals surface area contributed by atoms with Crippen molar-refractivity contribution < 1.29 is 4.79 Å². The zero-order valence-corrected chi connectivity index (χ0v) is 11.8. The van der Waals surface area contributed by atoms with Crippen LogP contribution in [-0.2, 0) is 4.79 Å². The van der Waals surface area contributed by atoms with Gasteiger partial charge in [0.25, 0.3) is 0 Å². The number of benzene rings is 2. The maximum atomic E-state index is 12.0. The highest BCUT2D eigenvalue weighted by Crippen LogP contribution is 2.27. The van der Waals surface area contributed by atoms with Crippen molar-refractivity contribution in [3.05, 3.63) is 48.5 Å². The van der Waals surface area contributed by atoms with Gasteiger partial charge in [0.1, 0.15) is 0 Å². The van der Waals surface area contributed by atoms with Gasteiger partial charge in [-0.25, -0.2) is 0 Å². The number of hydrogen-bond acceptors (Lipinski definition) is 3. The fraction of sp³-hybridized carbons (Fsp3) is 0.235. The maximum Gasteiger partial charge on any atom is 0.227 e. The lowest BCUT2D eigenvalue weighted by atomic mass is 10.0. The number of rotatable bonds is 3. The Hall–Kier alpha value is -2.33. The molecule has 1 atom stereocenters. The third-order valence-corrected chi connectivity index (χ3v) is 3.96. The lowest BCUT2D eigenvalue weighted by molar-refractivity contribution is -0.117. The zero-order valence-electron chi connectivity index (χ0n) is 11.8. The van der Waals surface area contributed by atoms with Crippen LogP contribution in [0.5, 0.6) is 0 Å². The van der Waals surface area contributed by atoms with E-state index in [1.54, 1.807) is 0 Å². The molecule has 1 aliphatic heterocycles. The number of nitrogens with two attached hydrogens (primary N) is 2. The second-order valence-electron chi connectivity index (χ2n) is 5.48. The first-order valence-electron chi connectivity index (χ1n) is 7.14. The van der Waals surface area contributed by atoms with Gasteiger partial charge in [0.2, 0.25) is 5.91 Å². The Morgan fingerprint density at radius 2 is 1.57 bits per heavy atom. The summed E-state index contributed by atoms with van der Waals surface area (Å²) in [5.74, 6) is 0.431. The molecule has 4 nitrogen and oxygen atoms in total. The molecule has 4 N–H and O–H groups in total. The van der Waals surface area contributed by atoms with Crippen LogP contribution in [0.1, 0.15) is 6.42 Å². The third-order valence-electron chi connectivity index (χ3n) is 3.96. The molecule has 0 spiro atoms. The molecule has 0 aliphatic carbocycles. The molecule has 1 aliphatic rings. The van der Waals surface area contributed by atoms with Gasteiger partial charge in [0.15, 0.2) is 0 Å². The monoisotopic (exact) mass is 281 g/mol. The van der Waals surface area contributed by atoms with Crippen LogP contribution in [-0.4, -0.2) is 19.0 Å². The minimum atomic E-state index is 0.158. The molecular weight excluding hydrogens is 262 g/mol. The summed E-state index contributed by atoms with van der Waals surface area (Å²) < 4.78 is 0. The Bertz CT molecular complexity index is 634. The molecular formula is C17H19N3O. The number of anilines is 2. The lowest BCUT2D eigenvalue weighted by Gasteiger charge is -2.17. The zero-order chi connectivity index (χ0) is 14.8. The number of hydrogen-bond donors (Lipinski definition) is 2. The van der Waals surface area contributed by atoms with E-state index in [0.29, 0.717) is 13.0 Å². The van der Waals surface area contributed by atoms with Gasteiger partial charge in [-0.2, -0.15) is 0 Å². The van der Waals surface area contributed by atoms with Crippen molar-refractivity contribution in [3.8, 4) is 11.1 Å². The van der Waals surface area contributed by atoms with Crippen molar-refractivity contribution in [1.82, 2.24) is 0 Å². The van der Waals surface area contributed by atoms with E-state index in [4.69, 9.17) is 11.5 Å². The third kappa shape index (κ3) is 2.76. The van der Waals surface area contributed by atoms with Gasteiger partial charge >= 0.3 is 0 Å². The van der Waals surface area contributed by atoms with Crippen molar-refractivity contribution in [2.45, 2.75) is 6.42 Å². The Kier molecular flexibility index (Phi) is 3.62. The summed E-state index contributed by atoms with van der Waals surface area (Å²) in [6.45, 7) is 1.28. The number of amides is 1. The summed E-state index contributed by atoms with van der Waals surface area (Å²) in [5, 5.41) is 0. The van der Waals surface area contributed by atoms with E-state index >= 15 is 0 Å².